The monoisotopic (exact) mass is 234 g/mol. The van der Waals surface area contributed by atoms with Crippen LogP contribution in [0.1, 0.15) is 51.4 Å². The van der Waals surface area contributed by atoms with Crippen molar-refractivity contribution in [1.82, 2.24) is 4.90 Å². The predicted octanol–water partition coefficient (Wildman–Crippen LogP) is 2.69. The number of allylic oxidation sites excluding steroid dienone is 2. The highest BCUT2D eigenvalue weighted by molar-refractivity contribution is 4.97. The summed E-state index contributed by atoms with van der Waals surface area (Å²) in [4.78, 5) is 2.83. The molecular formula is C15H26N2. The molecule has 0 aromatic heterocycles. The standard InChI is InChI=1S/C15H26N2/c16-13-9-14-7-4-8-15(10-13)17(14)11-12-5-2-1-3-6-12/h1-2,12-15H,3-11,16H2. The number of nitrogens with zero attached hydrogens (tertiary/aromatic N) is 1. The molecule has 2 fully saturated rings. The quantitative estimate of drug-likeness (QED) is 0.744. The third-order valence-electron chi connectivity index (χ3n) is 5.01. The molecule has 0 spiro atoms. The van der Waals surface area contributed by atoms with E-state index in [1.165, 1.54) is 57.9 Å². The van der Waals surface area contributed by atoms with Crippen LogP contribution in [0, 0.1) is 5.92 Å². The molecule has 3 aliphatic rings. The molecule has 2 nitrogen and oxygen atoms in total. The lowest BCUT2D eigenvalue weighted by Crippen LogP contribution is -2.56. The molecule has 2 aliphatic heterocycles. The zero-order chi connectivity index (χ0) is 11.7. The fraction of sp³-hybridized carbons (Fsp3) is 0.867. The van der Waals surface area contributed by atoms with Crippen molar-refractivity contribution in [2.45, 2.75) is 69.5 Å². The summed E-state index contributed by atoms with van der Waals surface area (Å²) in [5.74, 6) is 0.914. The zero-order valence-electron chi connectivity index (χ0n) is 10.9. The maximum absolute atomic E-state index is 6.18. The number of piperidine rings is 2. The second kappa shape index (κ2) is 5.11. The Labute approximate surface area is 105 Å². The number of fused-ring (bicyclic) bond motifs is 2. The van der Waals surface area contributed by atoms with E-state index < -0.39 is 0 Å². The molecule has 1 aliphatic carbocycles. The Morgan fingerprint density at radius 2 is 1.82 bits per heavy atom. The molecule has 0 aromatic carbocycles. The van der Waals surface area contributed by atoms with Crippen molar-refractivity contribution in [3.05, 3.63) is 12.2 Å². The third kappa shape index (κ3) is 2.58. The van der Waals surface area contributed by atoms with Crippen LogP contribution in [0.15, 0.2) is 12.2 Å². The minimum absolute atomic E-state index is 0.479. The summed E-state index contributed by atoms with van der Waals surface area (Å²) in [7, 11) is 0. The van der Waals surface area contributed by atoms with Crippen molar-refractivity contribution in [3.63, 3.8) is 0 Å². The molecule has 96 valence electrons. The Balaban J connectivity index is 1.63. The number of hydrogen-bond donors (Lipinski definition) is 1. The average molecular weight is 234 g/mol. The molecule has 0 amide bonds. The van der Waals surface area contributed by atoms with E-state index in [9.17, 15) is 0 Å². The van der Waals surface area contributed by atoms with Gasteiger partial charge in [-0.1, -0.05) is 18.6 Å². The second-order valence-corrected chi connectivity index (χ2v) is 6.32. The van der Waals surface area contributed by atoms with Crippen molar-refractivity contribution in [1.29, 1.82) is 0 Å². The van der Waals surface area contributed by atoms with Crippen LogP contribution in [0.25, 0.3) is 0 Å². The van der Waals surface area contributed by atoms with Crippen LogP contribution in [0.2, 0.25) is 0 Å². The molecule has 3 rings (SSSR count). The second-order valence-electron chi connectivity index (χ2n) is 6.32. The molecule has 2 N–H and O–H groups in total. The van der Waals surface area contributed by atoms with Crippen LogP contribution in [0.5, 0.6) is 0 Å². The Bertz CT molecular complexity index is 273. The van der Waals surface area contributed by atoms with Crippen LogP contribution in [0.4, 0.5) is 0 Å². The van der Waals surface area contributed by atoms with E-state index in [0.29, 0.717) is 6.04 Å². The van der Waals surface area contributed by atoms with Gasteiger partial charge in [-0.05, 0) is 50.9 Å². The Hall–Kier alpha value is -0.340. The first-order valence-electron chi connectivity index (χ1n) is 7.49. The van der Waals surface area contributed by atoms with Gasteiger partial charge >= 0.3 is 0 Å². The SMILES string of the molecule is NC1CC2CCCC(C1)N2CC1CC=CCC1. The van der Waals surface area contributed by atoms with Gasteiger partial charge < -0.3 is 5.73 Å². The normalized spacial score (nSPS) is 42.6. The van der Waals surface area contributed by atoms with Gasteiger partial charge in [0.2, 0.25) is 0 Å². The van der Waals surface area contributed by atoms with Crippen molar-refractivity contribution in [3.8, 4) is 0 Å². The van der Waals surface area contributed by atoms with E-state index in [1.54, 1.807) is 0 Å². The molecule has 2 heterocycles. The van der Waals surface area contributed by atoms with Crippen molar-refractivity contribution in [2.24, 2.45) is 11.7 Å². The van der Waals surface area contributed by atoms with Gasteiger partial charge in [0.05, 0.1) is 0 Å². The molecule has 3 atom stereocenters. The maximum Gasteiger partial charge on any atom is 0.0113 e. The summed E-state index contributed by atoms with van der Waals surface area (Å²) < 4.78 is 0. The zero-order valence-corrected chi connectivity index (χ0v) is 10.9. The largest absolute Gasteiger partial charge is 0.328 e. The van der Waals surface area contributed by atoms with Gasteiger partial charge in [0.1, 0.15) is 0 Å². The van der Waals surface area contributed by atoms with E-state index in [4.69, 9.17) is 5.73 Å². The van der Waals surface area contributed by atoms with Crippen LogP contribution in [0.3, 0.4) is 0 Å². The summed E-state index contributed by atoms with van der Waals surface area (Å²) in [6, 6.07) is 2.10. The van der Waals surface area contributed by atoms with Gasteiger partial charge in [-0.3, -0.25) is 4.90 Å². The van der Waals surface area contributed by atoms with Crippen molar-refractivity contribution >= 4 is 0 Å². The third-order valence-corrected chi connectivity index (χ3v) is 5.01. The fourth-order valence-electron chi connectivity index (χ4n) is 4.14. The van der Waals surface area contributed by atoms with Crippen LogP contribution < -0.4 is 5.73 Å². The minimum atomic E-state index is 0.479. The van der Waals surface area contributed by atoms with E-state index in [2.05, 4.69) is 17.1 Å². The fourth-order valence-corrected chi connectivity index (χ4v) is 4.14. The van der Waals surface area contributed by atoms with Gasteiger partial charge in [-0.15, -0.1) is 0 Å². The molecular weight excluding hydrogens is 208 g/mol. The first-order chi connectivity index (χ1) is 8.33. The lowest BCUT2D eigenvalue weighted by atomic mass is 9.80. The van der Waals surface area contributed by atoms with E-state index >= 15 is 0 Å². The first-order valence-corrected chi connectivity index (χ1v) is 7.49. The molecule has 0 saturated carbocycles. The predicted molar refractivity (Wildman–Crippen MR) is 71.8 cm³/mol. The molecule has 0 aromatic rings. The Morgan fingerprint density at radius 3 is 2.47 bits per heavy atom. The van der Waals surface area contributed by atoms with E-state index in [1.807, 2.05) is 0 Å². The first kappa shape index (κ1) is 11.7. The van der Waals surface area contributed by atoms with Gasteiger partial charge in [0.15, 0.2) is 0 Å². The highest BCUT2D eigenvalue weighted by Gasteiger charge is 2.37. The highest BCUT2D eigenvalue weighted by atomic mass is 15.2. The summed E-state index contributed by atoms with van der Waals surface area (Å²) in [5, 5.41) is 0. The topological polar surface area (TPSA) is 29.3 Å². The summed E-state index contributed by atoms with van der Waals surface area (Å²) in [5.41, 5.74) is 6.18. The van der Waals surface area contributed by atoms with Crippen LogP contribution >= 0.6 is 0 Å². The van der Waals surface area contributed by atoms with Crippen LogP contribution in [-0.2, 0) is 0 Å². The molecule has 2 saturated heterocycles. The smallest absolute Gasteiger partial charge is 0.0113 e. The summed E-state index contributed by atoms with van der Waals surface area (Å²) >= 11 is 0. The number of rotatable bonds is 2. The molecule has 17 heavy (non-hydrogen) atoms. The van der Waals surface area contributed by atoms with E-state index in [0.717, 1.165) is 18.0 Å². The van der Waals surface area contributed by atoms with Crippen LogP contribution in [-0.4, -0.2) is 29.6 Å². The van der Waals surface area contributed by atoms with Gasteiger partial charge in [-0.25, -0.2) is 0 Å². The number of hydrogen-bond acceptors (Lipinski definition) is 2. The maximum atomic E-state index is 6.18. The highest BCUT2D eigenvalue weighted by Crippen LogP contribution is 2.35. The van der Waals surface area contributed by atoms with Crippen molar-refractivity contribution < 1.29 is 0 Å². The Kier molecular flexibility index (Phi) is 3.53. The minimum Gasteiger partial charge on any atom is -0.328 e. The number of nitrogens with two attached hydrogens (primary N) is 1. The summed E-state index contributed by atoms with van der Waals surface area (Å²) in [6.45, 7) is 1.34. The average Bonchev–Trinajstić information content (AvgIpc) is 2.32. The van der Waals surface area contributed by atoms with Gasteiger partial charge in [0, 0.05) is 24.7 Å². The van der Waals surface area contributed by atoms with Crippen molar-refractivity contribution in [2.75, 3.05) is 6.54 Å². The molecule has 2 bridgehead atoms. The van der Waals surface area contributed by atoms with Gasteiger partial charge in [0.25, 0.3) is 0 Å². The summed E-state index contributed by atoms with van der Waals surface area (Å²) in [6.07, 6.45) is 15.5. The molecule has 0 radical (unpaired) electrons. The molecule has 2 heteroatoms. The molecule has 3 unspecified atom stereocenters. The Morgan fingerprint density at radius 1 is 1.06 bits per heavy atom. The van der Waals surface area contributed by atoms with Gasteiger partial charge in [-0.2, -0.15) is 0 Å². The lowest BCUT2D eigenvalue weighted by molar-refractivity contribution is 0.0174. The lowest BCUT2D eigenvalue weighted by Gasteiger charge is -2.49. The van der Waals surface area contributed by atoms with E-state index in [-0.39, 0.29) is 0 Å².